The molecule has 3 rings (SSSR count). The van der Waals surface area contributed by atoms with E-state index in [2.05, 4.69) is 5.32 Å². The van der Waals surface area contributed by atoms with Crippen molar-refractivity contribution in [3.8, 4) is 0 Å². The molecule has 1 aliphatic heterocycles. The van der Waals surface area contributed by atoms with Crippen LogP contribution in [0, 0.1) is 10.8 Å². The minimum atomic E-state index is -0.905. The largest absolute Gasteiger partial charge is 0.430 e. The van der Waals surface area contributed by atoms with E-state index in [1.54, 1.807) is 53.7 Å². The lowest BCUT2D eigenvalue weighted by molar-refractivity contribution is -0.157. The van der Waals surface area contributed by atoms with Gasteiger partial charge in [-0.3, -0.25) is 14.4 Å². The van der Waals surface area contributed by atoms with Gasteiger partial charge in [0.15, 0.2) is 0 Å². The maximum absolute atomic E-state index is 13.4. The highest BCUT2D eigenvalue weighted by Crippen LogP contribution is 2.41. The molecule has 10 heteroatoms. The molecule has 0 bridgehead atoms. The third-order valence-electron chi connectivity index (χ3n) is 5.31. The average molecular weight is 547 g/mol. The number of halogens is 2. The molecule has 1 aliphatic rings. The number of hydrogen-bond acceptors (Lipinski definition) is 6. The fourth-order valence-electron chi connectivity index (χ4n) is 3.18. The quantitative estimate of drug-likeness (QED) is 0.269. The Morgan fingerprint density at radius 2 is 1.51 bits per heavy atom. The Kier molecular flexibility index (Phi) is 7.77. The van der Waals surface area contributed by atoms with E-state index in [1.165, 1.54) is 31.2 Å². The van der Waals surface area contributed by atoms with E-state index in [0.717, 1.165) is 5.06 Å². The van der Waals surface area contributed by atoms with Crippen LogP contribution in [0.4, 0.5) is 11.4 Å². The lowest BCUT2D eigenvalue weighted by Crippen LogP contribution is -2.35. The molecule has 0 aliphatic carbocycles. The van der Waals surface area contributed by atoms with Gasteiger partial charge in [-0.1, -0.05) is 23.2 Å². The van der Waals surface area contributed by atoms with E-state index in [0.29, 0.717) is 16.3 Å². The second kappa shape index (κ2) is 10.2. The Hall–Kier alpha value is -3.36. The van der Waals surface area contributed by atoms with Gasteiger partial charge in [0.1, 0.15) is 5.76 Å². The first-order chi connectivity index (χ1) is 17.0. The summed E-state index contributed by atoms with van der Waals surface area (Å²) in [7, 11) is 0. The smallest absolute Gasteiger partial charge is 0.338 e. The van der Waals surface area contributed by atoms with Gasteiger partial charge in [-0.25, -0.2) is 4.79 Å². The minimum Gasteiger partial charge on any atom is -0.430 e. The van der Waals surface area contributed by atoms with Crippen LogP contribution in [0.15, 0.2) is 42.2 Å². The number of benzene rings is 2. The first kappa shape index (κ1) is 28.2. The van der Waals surface area contributed by atoms with Crippen molar-refractivity contribution in [1.82, 2.24) is 0 Å². The third-order valence-corrected chi connectivity index (χ3v) is 5.86. The van der Waals surface area contributed by atoms with Crippen molar-refractivity contribution in [3.05, 3.63) is 63.3 Å². The average Bonchev–Trinajstić information content (AvgIpc) is 3.03. The number of nitrogens with zero attached hydrogens (tertiary/aromatic N) is 1. The molecule has 0 saturated heterocycles. The van der Waals surface area contributed by atoms with Crippen molar-refractivity contribution in [2.24, 2.45) is 10.8 Å². The summed E-state index contributed by atoms with van der Waals surface area (Å²) in [6, 6.07) is 9.10. The zero-order valence-corrected chi connectivity index (χ0v) is 23.1. The number of carbonyl (C=O) groups is 4. The summed E-state index contributed by atoms with van der Waals surface area (Å²) in [5, 5.41) is 4.12. The molecule has 1 heterocycles. The molecular formula is C27H28Cl2N2O6. The standard InChI is InChI=1S/C27H28Cl2N2O6/c1-14(36-24(34)26(2,3)4)21-18-11-9-16(30-22(32)17-10-8-15(28)12-19(17)29)13-20(18)31(23(21)33)37-25(35)27(5,6)7/h8-13H,1-7H3,(H,30,32)/b21-14-. The first-order valence-electron chi connectivity index (χ1n) is 11.4. The molecule has 0 spiro atoms. The molecule has 2 aromatic rings. The van der Waals surface area contributed by atoms with Gasteiger partial charge in [0.2, 0.25) is 0 Å². The van der Waals surface area contributed by atoms with E-state index in [1.807, 2.05) is 0 Å². The number of allylic oxidation sites excluding steroid dienone is 1. The molecule has 8 nitrogen and oxygen atoms in total. The van der Waals surface area contributed by atoms with Crippen LogP contribution >= 0.6 is 23.2 Å². The maximum Gasteiger partial charge on any atom is 0.338 e. The Balaban J connectivity index is 2.04. The van der Waals surface area contributed by atoms with Crippen molar-refractivity contribution in [3.63, 3.8) is 0 Å². The molecule has 37 heavy (non-hydrogen) atoms. The van der Waals surface area contributed by atoms with E-state index in [9.17, 15) is 19.2 Å². The van der Waals surface area contributed by atoms with Gasteiger partial charge in [-0.05, 0) is 84.9 Å². The van der Waals surface area contributed by atoms with Crippen molar-refractivity contribution in [1.29, 1.82) is 0 Å². The second-order valence-electron chi connectivity index (χ2n) is 10.6. The molecule has 1 N–H and O–H groups in total. The summed E-state index contributed by atoms with van der Waals surface area (Å²) in [4.78, 5) is 56.8. The van der Waals surface area contributed by atoms with E-state index in [-0.39, 0.29) is 27.6 Å². The number of hydroxylamine groups is 1. The molecule has 0 atom stereocenters. The molecule has 0 unspecified atom stereocenters. The van der Waals surface area contributed by atoms with Crippen molar-refractivity contribution >= 4 is 63.9 Å². The fraction of sp³-hybridized carbons (Fsp3) is 0.333. The van der Waals surface area contributed by atoms with Crippen LogP contribution in [0.3, 0.4) is 0 Å². The number of rotatable bonds is 4. The fourth-order valence-corrected chi connectivity index (χ4v) is 3.68. The van der Waals surface area contributed by atoms with Crippen LogP contribution in [0.2, 0.25) is 10.0 Å². The first-order valence-corrected chi connectivity index (χ1v) is 12.2. The van der Waals surface area contributed by atoms with Crippen molar-refractivity contribution in [2.75, 3.05) is 10.4 Å². The summed E-state index contributed by atoms with van der Waals surface area (Å²) < 4.78 is 5.48. The Bertz CT molecular complexity index is 1340. The monoisotopic (exact) mass is 546 g/mol. The van der Waals surface area contributed by atoms with Crippen LogP contribution in [-0.4, -0.2) is 23.8 Å². The number of carbonyl (C=O) groups excluding carboxylic acids is 4. The molecule has 0 aromatic heterocycles. The molecular weight excluding hydrogens is 519 g/mol. The summed E-state index contributed by atoms with van der Waals surface area (Å²) in [5.74, 6) is -2.31. The summed E-state index contributed by atoms with van der Waals surface area (Å²) in [6.45, 7) is 11.5. The van der Waals surface area contributed by atoms with Crippen molar-refractivity contribution in [2.45, 2.75) is 48.5 Å². The van der Waals surface area contributed by atoms with Crippen LogP contribution in [0.1, 0.15) is 64.4 Å². The zero-order valence-electron chi connectivity index (χ0n) is 21.6. The molecule has 196 valence electrons. The third kappa shape index (κ3) is 6.14. The highest BCUT2D eigenvalue weighted by molar-refractivity contribution is 6.37. The van der Waals surface area contributed by atoms with Crippen LogP contribution in [-0.2, 0) is 24.0 Å². The van der Waals surface area contributed by atoms with E-state index >= 15 is 0 Å². The number of esters is 1. The topological polar surface area (TPSA) is 102 Å². The SMILES string of the molecule is C/C(OC(=O)C(C)(C)C)=C1/C(=O)N(OC(=O)C(C)(C)C)c2cc(NC(=O)c3ccc(Cl)cc3Cl)ccc21. The van der Waals surface area contributed by atoms with Gasteiger partial charge in [-0.2, -0.15) is 0 Å². The molecule has 2 amide bonds. The maximum atomic E-state index is 13.4. The Labute approximate surface area is 225 Å². The Morgan fingerprint density at radius 1 is 0.892 bits per heavy atom. The molecule has 0 radical (unpaired) electrons. The summed E-state index contributed by atoms with van der Waals surface area (Å²) in [6.07, 6.45) is 0. The minimum absolute atomic E-state index is 0.0604. The predicted octanol–water partition coefficient (Wildman–Crippen LogP) is 6.42. The van der Waals surface area contributed by atoms with Crippen LogP contribution in [0.25, 0.3) is 5.57 Å². The Morgan fingerprint density at radius 3 is 2.08 bits per heavy atom. The number of hydrogen-bond donors (Lipinski definition) is 1. The zero-order chi connectivity index (χ0) is 27.9. The van der Waals surface area contributed by atoms with Crippen LogP contribution in [0.5, 0.6) is 0 Å². The normalized spacial score (nSPS) is 14.7. The number of anilines is 2. The highest BCUT2D eigenvalue weighted by atomic mass is 35.5. The van der Waals surface area contributed by atoms with Crippen molar-refractivity contribution < 1.29 is 28.8 Å². The molecule has 0 fully saturated rings. The number of fused-ring (bicyclic) bond motifs is 1. The number of nitrogens with one attached hydrogen (secondary N) is 1. The molecule has 2 aromatic carbocycles. The summed E-state index contributed by atoms with van der Waals surface area (Å²) in [5.41, 5.74) is -0.571. The second-order valence-corrected chi connectivity index (χ2v) is 11.5. The summed E-state index contributed by atoms with van der Waals surface area (Å²) >= 11 is 12.1. The lowest BCUT2D eigenvalue weighted by Gasteiger charge is -2.22. The number of ether oxygens (including phenoxy) is 1. The number of amides is 2. The highest BCUT2D eigenvalue weighted by Gasteiger charge is 2.40. The lowest BCUT2D eigenvalue weighted by atomic mass is 9.97. The van der Waals surface area contributed by atoms with Gasteiger partial charge in [0, 0.05) is 16.3 Å². The molecule has 0 saturated carbocycles. The van der Waals surface area contributed by atoms with Gasteiger partial charge < -0.3 is 14.9 Å². The van der Waals surface area contributed by atoms with Gasteiger partial charge in [0.25, 0.3) is 11.8 Å². The van der Waals surface area contributed by atoms with Gasteiger partial charge in [0.05, 0.1) is 32.7 Å². The van der Waals surface area contributed by atoms with Crippen LogP contribution < -0.4 is 10.4 Å². The van der Waals surface area contributed by atoms with E-state index in [4.69, 9.17) is 32.8 Å². The van der Waals surface area contributed by atoms with Gasteiger partial charge >= 0.3 is 11.9 Å². The van der Waals surface area contributed by atoms with Gasteiger partial charge in [-0.15, -0.1) is 5.06 Å². The van der Waals surface area contributed by atoms with E-state index < -0.39 is 34.6 Å². The predicted molar refractivity (Wildman–Crippen MR) is 142 cm³/mol.